The number of carbonyl (C=O) groups is 2. The van der Waals surface area contributed by atoms with E-state index in [1.54, 1.807) is 48.5 Å². The fourth-order valence-electron chi connectivity index (χ4n) is 3.31. The summed E-state index contributed by atoms with van der Waals surface area (Å²) in [6.07, 6.45) is 3.36. The van der Waals surface area contributed by atoms with Crippen molar-refractivity contribution >= 4 is 57.6 Å². The van der Waals surface area contributed by atoms with Crippen molar-refractivity contribution in [2.24, 2.45) is 0 Å². The van der Waals surface area contributed by atoms with Gasteiger partial charge in [-0.2, -0.15) is 0 Å². The molecular formula is C25H20N2O6S2. The molecule has 0 bridgehead atoms. The van der Waals surface area contributed by atoms with Crippen molar-refractivity contribution in [3.05, 3.63) is 87.0 Å². The predicted octanol–water partition coefficient (Wildman–Crippen LogP) is 6.22. The molecule has 0 N–H and O–H groups in total. The molecule has 4 rings (SSSR count). The quantitative estimate of drug-likeness (QED) is 0.0883. The Hall–Kier alpha value is -3.76. The fourth-order valence-corrected chi connectivity index (χ4v) is 4.59. The second-order valence-electron chi connectivity index (χ2n) is 7.56. The minimum Gasteiger partial charge on any atom is -0.462 e. The number of benzene rings is 2. The number of nitrogens with zero attached hydrogens (tertiary/aromatic N) is 2. The van der Waals surface area contributed by atoms with E-state index in [1.807, 2.05) is 6.92 Å². The third kappa shape index (κ3) is 5.50. The van der Waals surface area contributed by atoms with Gasteiger partial charge in [0, 0.05) is 23.8 Å². The average Bonchev–Trinajstić information content (AvgIpc) is 3.43. The molecule has 0 unspecified atom stereocenters. The van der Waals surface area contributed by atoms with Crippen molar-refractivity contribution in [3.63, 3.8) is 0 Å². The van der Waals surface area contributed by atoms with Gasteiger partial charge in [-0.15, -0.1) is 0 Å². The minimum atomic E-state index is -0.525. The number of ether oxygens (including phenoxy) is 1. The van der Waals surface area contributed by atoms with Crippen molar-refractivity contribution in [3.8, 4) is 11.3 Å². The summed E-state index contributed by atoms with van der Waals surface area (Å²) in [5.41, 5.74) is 1.43. The van der Waals surface area contributed by atoms with Gasteiger partial charge >= 0.3 is 5.97 Å². The van der Waals surface area contributed by atoms with E-state index >= 15 is 0 Å². The van der Waals surface area contributed by atoms with Crippen LogP contribution in [0.1, 0.15) is 35.9 Å². The normalized spacial score (nSPS) is 14.5. The molecule has 2 aromatic carbocycles. The van der Waals surface area contributed by atoms with Crippen LogP contribution in [0.25, 0.3) is 17.4 Å². The monoisotopic (exact) mass is 508 g/mol. The Morgan fingerprint density at radius 3 is 2.69 bits per heavy atom. The van der Waals surface area contributed by atoms with Crippen LogP contribution >= 0.6 is 24.0 Å². The summed E-state index contributed by atoms with van der Waals surface area (Å²) in [6, 6.07) is 16.1. The highest BCUT2D eigenvalue weighted by Gasteiger charge is 2.34. The Morgan fingerprint density at radius 2 is 1.97 bits per heavy atom. The van der Waals surface area contributed by atoms with E-state index in [2.05, 4.69) is 0 Å². The first-order chi connectivity index (χ1) is 16.9. The number of nitro groups is 1. The number of esters is 1. The van der Waals surface area contributed by atoms with Gasteiger partial charge in [-0.25, -0.2) is 4.79 Å². The van der Waals surface area contributed by atoms with Gasteiger partial charge in [0.05, 0.1) is 27.7 Å². The molecule has 10 heteroatoms. The van der Waals surface area contributed by atoms with E-state index < -0.39 is 4.92 Å². The van der Waals surface area contributed by atoms with Gasteiger partial charge in [-0.3, -0.25) is 19.8 Å². The number of hydrogen-bond acceptors (Lipinski definition) is 8. The molecule has 8 nitrogen and oxygen atoms in total. The number of thioether (sulfide) groups is 1. The highest BCUT2D eigenvalue weighted by molar-refractivity contribution is 8.27. The van der Waals surface area contributed by atoms with Crippen molar-refractivity contribution in [2.45, 2.75) is 19.8 Å². The summed E-state index contributed by atoms with van der Waals surface area (Å²) in [5, 5.41) is 11.1. The molecule has 0 atom stereocenters. The zero-order chi connectivity index (χ0) is 24.9. The standard InChI is InChI=1S/C25H20N2O6S2/c1-2-3-13-32-24(29)17-9-7-16(8-10-17)21-12-11-20(33-21)15-22-23(28)26(25(34)35-22)18-5-4-6-19(14-18)27(30)31/h4-12,14-15H,2-3,13H2,1H3/b22-15-. The van der Waals surface area contributed by atoms with E-state index in [0.717, 1.165) is 30.2 Å². The fraction of sp³-hybridized carbons (Fsp3) is 0.160. The van der Waals surface area contributed by atoms with Crippen LogP contribution in [0.5, 0.6) is 0 Å². The van der Waals surface area contributed by atoms with Crippen LogP contribution in [0.3, 0.4) is 0 Å². The van der Waals surface area contributed by atoms with Crippen molar-refractivity contribution in [1.82, 2.24) is 0 Å². The summed E-state index contributed by atoms with van der Waals surface area (Å²) in [7, 11) is 0. The highest BCUT2D eigenvalue weighted by Crippen LogP contribution is 2.37. The van der Waals surface area contributed by atoms with Crippen LogP contribution in [0.15, 0.2) is 70.0 Å². The molecule has 178 valence electrons. The lowest BCUT2D eigenvalue weighted by atomic mass is 10.1. The Labute approximate surface area is 210 Å². The van der Waals surface area contributed by atoms with Gasteiger partial charge in [0.25, 0.3) is 11.6 Å². The number of anilines is 1. The number of non-ortho nitro benzene ring substituents is 1. The lowest BCUT2D eigenvalue weighted by Gasteiger charge is -2.13. The van der Waals surface area contributed by atoms with Crippen LogP contribution in [-0.2, 0) is 9.53 Å². The lowest BCUT2D eigenvalue weighted by molar-refractivity contribution is -0.384. The Kier molecular flexibility index (Phi) is 7.42. The molecule has 1 aromatic heterocycles. The maximum Gasteiger partial charge on any atom is 0.338 e. The highest BCUT2D eigenvalue weighted by atomic mass is 32.2. The molecule has 1 saturated heterocycles. The molecule has 35 heavy (non-hydrogen) atoms. The number of amides is 1. The summed E-state index contributed by atoms with van der Waals surface area (Å²) < 4.78 is 11.4. The number of furan rings is 1. The van der Waals surface area contributed by atoms with E-state index in [4.69, 9.17) is 21.4 Å². The number of thiocarbonyl (C=S) groups is 1. The van der Waals surface area contributed by atoms with Crippen molar-refractivity contribution in [2.75, 3.05) is 11.5 Å². The number of carbonyl (C=O) groups excluding carboxylic acids is 2. The predicted molar refractivity (Wildman–Crippen MR) is 138 cm³/mol. The minimum absolute atomic E-state index is 0.128. The molecular weight excluding hydrogens is 488 g/mol. The summed E-state index contributed by atoms with van der Waals surface area (Å²) in [6.45, 7) is 2.42. The Bertz CT molecular complexity index is 1330. The SMILES string of the molecule is CCCCOC(=O)c1ccc(-c2ccc(/C=C3\SC(=S)N(c4cccc([N+](=O)[O-])c4)C3=O)o2)cc1. The summed E-state index contributed by atoms with van der Waals surface area (Å²) >= 11 is 6.43. The summed E-state index contributed by atoms with van der Waals surface area (Å²) in [4.78, 5) is 37.2. The molecule has 1 aliphatic rings. The number of unbranched alkanes of at least 4 members (excludes halogenated alkanes) is 1. The van der Waals surface area contributed by atoms with Crippen LogP contribution in [0.4, 0.5) is 11.4 Å². The largest absolute Gasteiger partial charge is 0.462 e. The maximum atomic E-state index is 13.0. The van der Waals surface area contributed by atoms with Crippen LogP contribution in [0, 0.1) is 10.1 Å². The average molecular weight is 509 g/mol. The maximum absolute atomic E-state index is 13.0. The first kappa shape index (κ1) is 24.4. The first-order valence-corrected chi connectivity index (χ1v) is 12.0. The van der Waals surface area contributed by atoms with Crippen LogP contribution in [0.2, 0.25) is 0 Å². The number of hydrogen-bond donors (Lipinski definition) is 0. The second kappa shape index (κ2) is 10.7. The van der Waals surface area contributed by atoms with Gasteiger partial charge in [0.2, 0.25) is 0 Å². The van der Waals surface area contributed by atoms with E-state index in [9.17, 15) is 19.7 Å². The lowest BCUT2D eigenvalue weighted by Crippen LogP contribution is -2.27. The Morgan fingerprint density at radius 1 is 1.20 bits per heavy atom. The second-order valence-corrected chi connectivity index (χ2v) is 9.24. The molecule has 1 aliphatic heterocycles. The smallest absolute Gasteiger partial charge is 0.338 e. The van der Waals surface area contributed by atoms with E-state index in [0.29, 0.717) is 34.3 Å². The summed E-state index contributed by atoms with van der Waals surface area (Å²) in [5.74, 6) is 0.263. The first-order valence-electron chi connectivity index (χ1n) is 10.8. The molecule has 0 radical (unpaired) electrons. The van der Waals surface area contributed by atoms with Crippen LogP contribution in [-0.4, -0.2) is 27.7 Å². The van der Waals surface area contributed by atoms with Gasteiger partial charge in [-0.1, -0.05) is 55.5 Å². The third-order valence-electron chi connectivity index (χ3n) is 5.13. The zero-order valence-electron chi connectivity index (χ0n) is 18.6. The third-order valence-corrected chi connectivity index (χ3v) is 6.43. The topological polar surface area (TPSA) is 103 Å². The van der Waals surface area contributed by atoms with Gasteiger partial charge in [-0.05, 0) is 36.8 Å². The molecule has 1 amide bonds. The molecule has 2 heterocycles. The Balaban J connectivity index is 1.49. The number of nitro benzene ring substituents is 1. The van der Waals surface area contributed by atoms with E-state index in [-0.39, 0.29) is 21.9 Å². The molecule has 0 spiro atoms. The van der Waals surface area contributed by atoms with Crippen molar-refractivity contribution < 1.29 is 23.7 Å². The van der Waals surface area contributed by atoms with Gasteiger partial charge in [0.15, 0.2) is 4.32 Å². The molecule has 3 aromatic rings. The zero-order valence-corrected chi connectivity index (χ0v) is 20.3. The molecule has 0 aliphatic carbocycles. The van der Waals surface area contributed by atoms with Gasteiger partial charge in [0.1, 0.15) is 11.5 Å². The molecule has 0 saturated carbocycles. The van der Waals surface area contributed by atoms with Gasteiger partial charge < -0.3 is 9.15 Å². The van der Waals surface area contributed by atoms with Crippen molar-refractivity contribution in [1.29, 1.82) is 0 Å². The van der Waals surface area contributed by atoms with E-state index in [1.165, 1.54) is 23.1 Å². The van der Waals surface area contributed by atoms with Crippen LogP contribution < -0.4 is 4.90 Å². The number of rotatable bonds is 8. The molecule has 1 fully saturated rings.